The number of ether oxygens (including phenoxy) is 2. The van der Waals surface area contributed by atoms with E-state index in [1.54, 1.807) is 47.5 Å². The molecule has 0 aliphatic carbocycles. The first kappa shape index (κ1) is 19.9. The molecule has 5 rings (SSSR count). The molecule has 162 valence electrons. The van der Waals surface area contributed by atoms with E-state index >= 15 is 0 Å². The number of hydrogen-bond donors (Lipinski definition) is 0. The van der Waals surface area contributed by atoms with Gasteiger partial charge in [-0.2, -0.15) is 5.10 Å². The fourth-order valence-electron chi connectivity index (χ4n) is 4.12. The van der Waals surface area contributed by atoms with Gasteiger partial charge in [0, 0.05) is 19.5 Å². The summed E-state index contributed by atoms with van der Waals surface area (Å²) in [5, 5.41) is 5.22. The monoisotopic (exact) mass is 429 g/mol. The minimum atomic E-state index is -0.137. The second-order valence-corrected chi connectivity index (χ2v) is 7.71. The van der Waals surface area contributed by atoms with Crippen LogP contribution in [0, 0.1) is 6.92 Å². The SMILES string of the molecule is COc1ccc(-c2ccc3ncc4c(c3c2)n(-c2cnn(C)c2C)c(=O)n4C)cc1OC. The molecule has 0 aliphatic rings. The molecule has 0 amide bonds. The number of imidazole rings is 1. The number of methoxy groups -OCH3 is 2. The molecule has 0 radical (unpaired) electrons. The maximum Gasteiger partial charge on any atom is 0.333 e. The van der Waals surface area contributed by atoms with E-state index in [0.29, 0.717) is 11.5 Å². The smallest absolute Gasteiger partial charge is 0.333 e. The number of pyridine rings is 1. The average molecular weight is 429 g/mol. The Morgan fingerprint density at radius 3 is 2.31 bits per heavy atom. The molecule has 0 atom stereocenters. The number of nitrogens with zero attached hydrogens (tertiary/aromatic N) is 5. The van der Waals surface area contributed by atoms with Crippen LogP contribution in [-0.4, -0.2) is 38.1 Å². The van der Waals surface area contributed by atoms with Gasteiger partial charge in [-0.1, -0.05) is 12.1 Å². The molecule has 32 heavy (non-hydrogen) atoms. The van der Waals surface area contributed by atoms with Crippen LogP contribution in [0.5, 0.6) is 11.5 Å². The molecule has 8 nitrogen and oxygen atoms in total. The van der Waals surface area contributed by atoms with Crippen molar-refractivity contribution in [1.82, 2.24) is 23.9 Å². The third-order valence-corrected chi connectivity index (χ3v) is 6.05. The Hall–Kier alpha value is -4.07. The van der Waals surface area contributed by atoms with Gasteiger partial charge >= 0.3 is 5.69 Å². The molecule has 0 fully saturated rings. The minimum absolute atomic E-state index is 0.137. The second kappa shape index (κ2) is 7.26. The Balaban J connectivity index is 1.83. The number of hydrogen-bond acceptors (Lipinski definition) is 5. The van der Waals surface area contributed by atoms with Crippen LogP contribution in [0.3, 0.4) is 0 Å². The zero-order valence-corrected chi connectivity index (χ0v) is 18.6. The van der Waals surface area contributed by atoms with Crippen molar-refractivity contribution in [3.8, 4) is 28.3 Å². The number of aryl methyl sites for hydroxylation is 2. The predicted octanol–water partition coefficient (Wildman–Crippen LogP) is 3.60. The Morgan fingerprint density at radius 1 is 0.906 bits per heavy atom. The highest BCUT2D eigenvalue weighted by Crippen LogP contribution is 2.34. The van der Waals surface area contributed by atoms with Crippen LogP contribution in [0.4, 0.5) is 0 Å². The number of aromatic nitrogens is 5. The number of rotatable bonds is 4. The summed E-state index contributed by atoms with van der Waals surface area (Å²) in [7, 11) is 6.86. The summed E-state index contributed by atoms with van der Waals surface area (Å²) in [4.78, 5) is 17.8. The molecule has 0 saturated heterocycles. The van der Waals surface area contributed by atoms with Crippen LogP contribution in [0.2, 0.25) is 0 Å². The largest absolute Gasteiger partial charge is 0.493 e. The quantitative estimate of drug-likeness (QED) is 0.436. The lowest BCUT2D eigenvalue weighted by Gasteiger charge is -2.11. The standard InChI is InChI=1S/C24H23N5O3/c1-14-19(13-26-28(14)3)29-23-17-10-15(16-7-9-21(31-4)22(11-16)32-5)6-8-18(17)25-12-20(23)27(2)24(29)30/h6-13H,1-5H3. The Morgan fingerprint density at radius 2 is 1.62 bits per heavy atom. The number of fused-ring (bicyclic) bond motifs is 3. The first-order valence-electron chi connectivity index (χ1n) is 10.2. The van der Waals surface area contributed by atoms with E-state index in [9.17, 15) is 4.79 Å². The van der Waals surface area contributed by atoms with E-state index < -0.39 is 0 Å². The van der Waals surface area contributed by atoms with E-state index in [-0.39, 0.29) is 5.69 Å². The molecule has 0 bridgehead atoms. The van der Waals surface area contributed by atoms with E-state index in [1.165, 1.54) is 0 Å². The van der Waals surface area contributed by atoms with E-state index in [4.69, 9.17) is 9.47 Å². The lowest BCUT2D eigenvalue weighted by atomic mass is 10.0. The Labute approximate surface area is 184 Å². The van der Waals surface area contributed by atoms with Crippen molar-refractivity contribution in [1.29, 1.82) is 0 Å². The fraction of sp³-hybridized carbons (Fsp3) is 0.208. The molecule has 0 saturated carbocycles. The highest BCUT2D eigenvalue weighted by Gasteiger charge is 2.19. The summed E-state index contributed by atoms with van der Waals surface area (Å²) in [6.45, 7) is 1.95. The Kier molecular flexibility index (Phi) is 4.51. The van der Waals surface area contributed by atoms with Gasteiger partial charge < -0.3 is 9.47 Å². The summed E-state index contributed by atoms with van der Waals surface area (Å²) in [6.07, 6.45) is 3.47. The molecule has 3 heterocycles. The van der Waals surface area contributed by atoms with Crippen molar-refractivity contribution >= 4 is 21.9 Å². The van der Waals surface area contributed by atoms with Gasteiger partial charge in [0.05, 0.1) is 54.5 Å². The molecule has 0 unspecified atom stereocenters. The summed E-state index contributed by atoms with van der Waals surface area (Å²) in [5.74, 6) is 1.33. The van der Waals surface area contributed by atoms with Crippen LogP contribution < -0.4 is 15.2 Å². The van der Waals surface area contributed by atoms with Crippen LogP contribution in [-0.2, 0) is 14.1 Å². The lowest BCUT2D eigenvalue weighted by molar-refractivity contribution is 0.355. The summed E-state index contributed by atoms with van der Waals surface area (Å²) in [6, 6.07) is 11.9. The van der Waals surface area contributed by atoms with Gasteiger partial charge in [-0.3, -0.25) is 18.8 Å². The van der Waals surface area contributed by atoms with Gasteiger partial charge in [-0.15, -0.1) is 0 Å². The van der Waals surface area contributed by atoms with Crippen LogP contribution in [0.25, 0.3) is 38.8 Å². The molecule has 3 aromatic heterocycles. The zero-order chi connectivity index (χ0) is 22.6. The molecular formula is C24H23N5O3. The highest BCUT2D eigenvalue weighted by atomic mass is 16.5. The summed E-state index contributed by atoms with van der Waals surface area (Å²) in [5.41, 5.74) is 5.86. The van der Waals surface area contributed by atoms with Crippen LogP contribution >= 0.6 is 0 Å². The molecule has 2 aromatic carbocycles. The minimum Gasteiger partial charge on any atom is -0.493 e. The lowest BCUT2D eigenvalue weighted by Crippen LogP contribution is -2.21. The van der Waals surface area contributed by atoms with Crippen molar-refractivity contribution in [2.24, 2.45) is 14.1 Å². The van der Waals surface area contributed by atoms with Gasteiger partial charge in [0.2, 0.25) is 0 Å². The molecular weight excluding hydrogens is 406 g/mol. The van der Waals surface area contributed by atoms with Crippen molar-refractivity contribution < 1.29 is 9.47 Å². The van der Waals surface area contributed by atoms with Gasteiger partial charge in [0.1, 0.15) is 0 Å². The third-order valence-electron chi connectivity index (χ3n) is 6.05. The normalized spacial score (nSPS) is 11.4. The highest BCUT2D eigenvalue weighted by molar-refractivity contribution is 6.04. The van der Waals surface area contributed by atoms with E-state index in [0.717, 1.165) is 44.4 Å². The van der Waals surface area contributed by atoms with Gasteiger partial charge in [-0.05, 0) is 42.3 Å². The van der Waals surface area contributed by atoms with E-state index in [1.807, 2.05) is 44.3 Å². The van der Waals surface area contributed by atoms with Crippen molar-refractivity contribution in [3.63, 3.8) is 0 Å². The maximum atomic E-state index is 13.2. The molecule has 8 heteroatoms. The third kappa shape index (κ3) is 2.80. The van der Waals surface area contributed by atoms with Crippen molar-refractivity contribution in [3.05, 3.63) is 65.0 Å². The van der Waals surface area contributed by atoms with Gasteiger partial charge in [-0.25, -0.2) is 4.79 Å². The van der Waals surface area contributed by atoms with Crippen molar-refractivity contribution in [2.45, 2.75) is 6.92 Å². The molecule has 0 N–H and O–H groups in total. The average Bonchev–Trinajstić information content (AvgIpc) is 3.28. The maximum absolute atomic E-state index is 13.2. The zero-order valence-electron chi connectivity index (χ0n) is 18.6. The molecule has 0 spiro atoms. The number of benzene rings is 2. The predicted molar refractivity (Wildman–Crippen MR) is 124 cm³/mol. The van der Waals surface area contributed by atoms with Gasteiger partial charge in [0.15, 0.2) is 11.5 Å². The van der Waals surface area contributed by atoms with Crippen LogP contribution in [0.15, 0.2) is 53.6 Å². The Bertz CT molecular complexity index is 1560. The molecule has 5 aromatic rings. The summed E-state index contributed by atoms with van der Waals surface area (Å²) >= 11 is 0. The fourth-order valence-corrected chi connectivity index (χ4v) is 4.12. The van der Waals surface area contributed by atoms with Gasteiger partial charge in [0.25, 0.3) is 0 Å². The van der Waals surface area contributed by atoms with Crippen molar-refractivity contribution in [2.75, 3.05) is 14.2 Å². The van der Waals surface area contributed by atoms with E-state index in [2.05, 4.69) is 16.1 Å². The van der Waals surface area contributed by atoms with Crippen LogP contribution in [0.1, 0.15) is 5.69 Å². The first-order chi connectivity index (χ1) is 15.4. The molecule has 0 aliphatic heterocycles. The second-order valence-electron chi connectivity index (χ2n) is 7.71. The topological polar surface area (TPSA) is 76.1 Å². The summed E-state index contributed by atoms with van der Waals surface area (Å²) < 4.78 is 15.9. The first-order valence-corrected chi connectivity index (χ1v) is 10.2.